The zero-order valence-corrected chi connectivity index (χ0v) is 11.4. The monoisotopic (exact) mass is 248 g/mol. The molecule has 2 aliphatic rings. The second kappa shape index (κ2) is 5.02. The fourth-order valence-electron chi connectivity index (χ4n) is 3.63. The summed E-state index contributed by atoms with van der Waals surface area (Å²) in [5, 5.41) is 3.59. The van der Waals surface area contributed by atoms with E-state index in [4.69, 9.17) is 0 Å². The van der Waals surface area contributed by atoms with Gasteiger partial charge in [-0.1, -0.05) is 12.8 Å². The van der Waals surface area contributed by atoms with Crippen molar-refractivity contribution in [1.82, 2.24) is 19.8 Å². The summed E-state index contributed by atoms with van der Waals surface area (Å²) in [5.74, 6) is 1.21. The molecule has 0 aromatic carbocycles. The van der Waals surface area contributed by atoms with E-state index < -0.39 is 0 Å². The number of nitrogens with zero attached hydrogens (tertiary/aromatic N) is 3. The van der Waals surface area contributed by atoms with Gasteiger partial charge < -0.3 is 9.88 Å². The lowest BCUT2D eigenvalue weighted by atomic mass is 9.92. The lowest BCUT2D eigenvalue weighted by Gasteiger charge is -2.45. The summed E-state index contributed by atoms with van der Waals surface area (Å²) < 4.78 is 2.14. The van der Waals surface area contributed by atoms with Gasteiger partial charge in [0.2, 0.25) is 0 Å². The van der Waals surface area contributed by atoms with Crippen LogP contribution in [0.15, 0.2) is 12.4 Å². The van der Waals surface area contributed by atoms with Gasteiger partial charge in [0.05, 0.1) is 0 Å². The third-order valence-corrected chi connectivity index (χ3v) is 4.74. The van der Waals surface area contributed by atoms with Gasteiger partial charge in [0.25, 0.3) is 0 Å². The number of aryl methyl sites for hydroxylation is 1. The predicted molar refractivity (Wildman–Crippen MR) is 72.6 cm³/mol. The van der Waals surface area contributed by atoms with Crippen LogP contribution in [-0.2, 0) is 13.5 Å². The summed E-state index contributed by atoms with van der Waals surface area (Å²) >= 11 is 0. The number of aromatic nitrogens is 2. The Kier molecular flexibility index (Phi) is 3.39. The Morgan fingerprint density at radius 3 is 2.94 bits per heavy atom. The summed E-state index contributed by atoms with van der Waals surface area (Å²) in [7, 11) is 2.09. The summed E-state index contributed by atoms with van der Waals surface area (Å²) in [4.78, 5) is 7.16. The van der Waals surface area contributed by atoms with E-state index in [0.29, 0.717) is 5.54 Å². The van der Waals surface area contributed by atoms with Gasteiger partial charge in [0, 0.05) is 57.6 Å². The average Bonchev–Trinajstić information content (AvgIpc) is 2.99. The topological polar surface area (TPSA) is 33.1 Å². The molecule has 1 aromatic heterocycles. The fraction of sp³-hybridized carbons (Fsp3) is 0.786. The predicted octanol–water partition coefficient (Wildman–Crippen LogP) is 1.18. The van der Waals surface area contributed by atoms with E-state index in [0.717, 1.165) is 19.5 Å². The first kappa shape index (κ1) is 12.2. The Bertz CT molecular complexity index is 392. The molecule has 1 aliphatic heterocycles. The molecule has 1 saturated carbocycles. The zero-order chi connectivity index (χ0) is 12.4. The molecule has 100 valence electrons. The molecule has 18 heavy (non-hydrogen) atoms. The average molecular weight is 248 g/mol. The van der Waals surface area contributed by atoms with E-state index in [1.807, 2.05) is 12.4 Å². The number of imidazole rings is 1. The van der Waals surface area contributed by atoms with E-state index >= 15 is 0 Å². The summed E-state index contributed by atoms with van der Waals surface area (Å²) in [6.07, 6.45) is 10.6. The molecule has 0 radical (unpaired) electrons. The molecule has 1 aromatic rings. The van der Waals surface area contributed by atoms with Crippen molar-refractivity contribution in [3.05, 3.63) is 18.2 Å². The molecule has 0 atom stereocenters. The molecule has 2 fully saturated rings. The van der Waals surface area contributed by atoms with Gasteiger partial charge in [-0.25, -0.2) is 4.98 Å². The van der Waals surface area contributed by atoms with Gasteiger partial charge in [0.1, 0.15) is 5.82 Å². The maximum absolute atomic E-state index is 4.44. The van der Waals surface area contributed by atoms with Crippen LogP contribution in [0.5, 0.6) is 0 Å². The highest BCUT2D eigenvalue weighted by molar-refractivity contribution is 5.01. The van der Waals surface area contributed by atoms with Crippen LogP contribution in [-0.4, -0.2) is 46.2 Å². The second-order valence-corrected chi connectivity index (χ2v) is 5.80. The smallest absolute Gasteiger partial charge is 0.109 e. The van der Waals surface area contributed by atoms with Gasteiger partial charge in [-0.15, -0.1) is 0 Å². The van der Waals surface area contributed by atoms with Crippen LogP contribution in [0.1, 0.15) is 31.5 Å². The van der Waals surface area contributed by atoms with Gasteiger partial charge in [-0.3, -0.25) is 4.90 Å². The number of rotatable bonds is 3. The Balaban J connectivity index is 1.65. The largest absolute Gasteiger partial charge is 0.338 e. The lowest BCUT2D eigenvalue weighted by molar-refractivity contribution is 0.0655. The molecule has 2 heterocycles. The highest BCUT2D eigenvalue weighted by Gasteiger charge is 2.40. The maximum Gasteiger partial charge on any atom is 0.109 e. The van der Waals surface area contributed by atoms with Crippen molar-refractivity contribution in [3.63, 3.8) is 0 Å². The van der Waals surface area contributed by atoms with Crippen LogP contribution in [0.4, 0.5) is 0 Å². The Morgan fingerprint density at radius 1 is 1.39 bits per heavy atom. The Morgan fingerprint density at radius 2 is 2.22 bits per heavy atom. The van der Waals surface area contributed by atoms with Crippen molar-refractivity contribution in [1.29, 1.82) is 0 Å². The van der Waals surface area contributed by atoms with Gasteiger partial charge in [-0.2, -0.15) is 0 Å². The van der Waals surface area contributed by atoms with Crippen molar-refractivity contribution in [2.75, 3.05) is 26.2 Å². The van der Waals surface area contributed by atoms with Crippen LogP contribution >= 0.6 is 0 Å². The zero-order valence-electron chi connectivity index (χ0n) is 11.4. The molecular weight excluding hydrogens is 224 g/mol. The SMILES string of the molecule is Cn1ccnc1CCN1CCNCC12CCCC2. The van der Waals surface area contributed by atoms with Crippen LogP contribution in [0, 0.1) is 0 Å². The minimum Gasteiger partial charge on any atom is -0.338 e. The minimum absolute atomic E-state index is 0.462. The molecule has 4 nitrogen and oxygen atoms in total. The molecule has 3 rings (SSSR count). The fourth-order valence-corrected chi connectivity index (χ4v) is 3.63. The van der Waals surface area contributed by atoms with Crippen molar-refractivity contribution in [2.45, 2.75) is 37.6 Å². The van der Waals surface area contributed by atoms with Crippen LogP contribution in [0.3, 0.4) is 0 Å². The highest BCUT2D eigenvalue weighted by atomic mass is 15.3. The normalized spacial score (nSPS) is 23.8. The standard InChI is InChI=1S/C14H24N4/c1-17-10-8-16-13(17)4-9-18-11-7-15-12-14(18)5-2-3-6-14/h8,10,15H,2-7,9,11-12H2,1H3. The molecule has 1 saturated heterocycles. The third kappa shape index (κ3) is 2.19. The first-order valence-electron chi connectivity index (χ1n) is 7.22. The second-order valence-electron chi connectivity index (χ2n) is 5.80. The van der Waals surface area contributed by atoms with Gasteiger partial charge in [-0.05, 0) is 12.8 Å². The van der Waals surface area contributed by atoms with Gasteiger partial charge in [0.15, 0.2) is 0 Å². The van der Waals surface area contributed by atoms with E-state index in [1.54, 1.807) is 0 Å². The molecule has 1 spiro atoms. The molecule has 1 N–H and O–H groups in total. The quantitative estimate of drug-likeness (QED) is 0.872. The minimum atomic E-state index is 0.462. The Labute approximate surface area is 109 Å². The number of hydrogen-bond acceptors (Lipinski definition) is 3. The van der Waals surface area contributed by atoms with E-state index in [1.165, 1.54) is 44.6 Å². The molecule has 4 heteroatoms. The Hall–Kier alpha value is -0.870. The van der Waals surface area contributed by atoms with Crippen molar-refractivity contribution in [3.8, 4) is 0 Å². The van der Waals surface area contributed by atoms with Gasteiger partial charge >= 0.3 is 0 Å². The number of piperazine rings is 1. The maximum atomic E-state index is 4.44. The van der Waals surface area contributed by atoms with Crippen LogP contribution in [0.25, 0.3) is 0 Å². The van der Waals surface area contributed by atoms with E-state index in [9.17, 15) is 0 Å². The molecule has 0 bridgehead atoms. The molecular formula is C14H24N4. The first-order chi connectivity index (χ1) is 8.80. The van der Waals surface area contributed by atoms with Crippen LogP contribution < -0.4 is 5.32 Å². The first-order valence-corrected chi connectivity index (χ1v) is 7.22. The molecule has 0 amide bonds. The van der Waals surface area contributed by atoms with Crippen LogP contribution in [0.2, 0.25) is 0 Å². The van der Waals surface area contributed by atoms with Crippen molar-refractivity contribution in [2.24, 2.45) is 7.05 Å². The highest BCUT2D eigenvalue weighted by Crippen LogP contribution is 2.35. The number of nitrogens with one attached hydrogen (secondary N) is 1. The van der Waals surface area contributed by atoms with Crippen molar-refractivity contribution < 1.29 is 0 Å². The van der Waals surface area contributed by atoms with Crippen molar-refractivity contribution >= 4 is 0 Å². The van der Waals surface area contributed by atoms with E-state index in [-0.39, 0.29) is 0 Å². The third-order valence-electron chi connectivity index (χ3n) is 4.74. The van der Waals surface area contributed by atoms with E-state index in [2.05, 4.69) is 26.8 Å². The lowest BCUT2D eigenvalue weighted by Crippen LogP contribution is -2.60. The summed E-state index contributed by atoms with van der Waals surface area (Å²) in [5.41, 5.74) is 0.462. The molecule has 0 unspecified atom stereocenters. The number of hydrogen-bond donors (Lipinski definition) is 1. The molecule has 1 aliphatic carbocycles. The summed E-state index contributed by atoms with van der Waals surface area (Å²) in [6, 6.07) is 0. The summed E-state index contributed by atoms with van der Waals surface area (Å²) in [6.45, 7) is 4.69.